The highest BCUT2D eigenvalue weighted by Gasteiger charge is 2.36. The second kappa shape index (κ2) is 6.66. The van der Waals surface area contributed by atoms with E-state index in [-0.39, 0.29) is 18.2 Å². The van der Waals surface area contributed by atoms with Gasteiger partial charge in [0.05, 0.1) is 5.56 Å². The Labute approximate surface area is 122 Å². The van der Waals surface area contributed by atoms with Crippen LogP contribution in [0.4, 0.5) is 18.9 Å². The predicted molar refractivity (Wildman–Crippen MR) is 76.2 cm³/mol. The van der Waals surface area contributed by atoms with Crippen LogP contribution in [0.1, 0.15) is 24.0 Å². The Hall–Kier alpha value is -1.27. The quantitative estimate of drug-likeness (QED) is 0.897. The summed E-state index contributed by atoms with van der Waals surface area (Å²) in [7, 11) is 1.71. The van der Waals surface area contributed by atoms with E-state index in [2.05, 4.69) is 5.32 Å². The Morgan fingerprint density at radius 1 is 1.38 bits per heavy atom. The fraction of sp³-hybridized carbons (Fsp3) is 0.600. The van der Waals surface area contributed by atoms with Crippen molar-refractivity contribution in [2.24, 2.45) is 5.92 Å². The van der Waals surface area contributed by atoms with Gasteiger partial charge in [0.15, 0.2) is 0 Å². The molecule has 0 radical (unpaired) electrons. The highest BCUT2D eigenvalue weighted by Crippen LogP contribution is 2.38. The molecule has 1 unspecified atom stereocenters. The highest BCUT2D eigenvalue weighted by atomic mass is 19.4. The van der Waals surface area contributed by atoms with Crippen molar-refractivity contribution in [3.63, 3.8) is 0 Å². The van der Waals surface area contributed by atoms with Crippen molar-refractivity contribution in [2.45, 2.75) is 25.6 Å². The number of rotatable bonds is 4. The third-order valence-corrected chi connectivity index (χ3v) is 3.87. The molecule has 1 atom stereocenters. The molecule has 1 aromatic carbocycles. The number of aliphatic hydroxyl groups excluding tert-OH is 1. The maximum Gasteiger partial charge on any atom is 0.418 e. The van der Waals surface area contributed by atoms with Crippen molar-refractivity contribution in [3.05, 3.63) is 29.3 Å². The molecule has 1 fully saturated rings. The van der Waals surface area contributed by atoms with Gasteiger partial charge in [-0.25, -0.2) is 0 Å². The van der Waals surface area contributed by atoms with E-state index in [1.165, 1.54) is 6.07 Å². The number of anilines is 1. The lowest BCUT2D eigenvalue weighted by Gasteiger charge is -2.35. The Bertz CT molecular complexity index is 476. The van der Waals surface area contributed by atoms with E-state index in [0.717, 1.165) is 12.8 Å². The number of hydrogen-bond acceptors (Lipinski definition) is 3. The summed E-state index contributed by atoms with van der Waals surface area (Å²) >= 11 is 0. The molecule has 21 heavy (non-hydrogen) atoms. The standard InChI is InChI=1S/C15H21F3N2O/c1-19-8-11-4-5-14(13(7-11)15(16,17)18)20-6-2-3-12(9-20)10-21/h4-5,7,12,19,21H,2-3,6,8-10H2,1H3. The van der Waals surface area contributed by atoms with Gasteiger partial charge in [0.2, 0.25) is 0 Å². The van der Waals surface area contributed by atoms with Crippen LogP contribution < -0.4 is 10.2 Å². The van der Waals surface area contributed by atoms with Crippen LogP contribution in [-0.2, 0) is 12.7 Å². The number of nitrogens with one attached hydrogen (secondary N) is 1. The molecule has 0 aromatic heterocycles. The maximum absolute atomic E-state index is 13.3. The van der Waals surface area contributed by atoms with Crippen LogP contribution in [0.15, 0.2) is 18.2 Å². The molecule has 6 heteroatoms. The largest absolute Gasteiger partial charge is 0.418 e. The first-order chi connectivity index (χ1) is 9.95. The summed E-state index contributed by atoms with van der Waals surface area (Å²) in [6.07, 6.45) is -2.70. The third-order valence-electron chi connectivity index (χ3n) is 3.87. The van der Waals surface area contributed by atoms with E-state index in [0.29, 0.717) is 25.2 Å². The maximum atomic E-state index is 13.3. The Morgan fingerprint density at radius 2 is 2.14 bits per heavy atom. The molecule has 1 aromatic rings. The average Bonchev–Trinajstić information content (AvgIpc) is 2.47. The summed E-state index contributed by atoms with van der Waals surface area (Å²) in [6.45, 7) is 1.51. The zero-order valence-electron chi connectivity index (χ0n) is 12.1. The lowest BCUT2D eigenvalue weighted by molar-refractivity contribution is -0.137. The number of hydrogen-bond donors (Lipinski definition) is 2. The smallest absolute Gasteiger partial charge is 0.396 e. The molecule has 3 nitrogen and oxygen atoms in total. The minimum atomic E-state index is -4.37. The van der Waals surface area contributed by atoms with Gasteiger partial charge >= 0.3 is 6.18 Å². The van der Waals surface area contributed by atoms with E-state index in [4.69, 9.17) is 0 Å². The number of piperidine rings is 1. The average molecular weight is 302 g/mol. The molecule has 118 valence electrons. The summed E-state index contributed by atoms with van der Waals surface area (Å²) in [5, 5.41) is 12.1. The molecule has 2 rings (SSSR count). The second-order valence-electron chi connectivity index (χ2n) is 5.52. The van der Waals surface area contributed by atoms with Crippen molar-refractivity contribution in [3.8, 4) is 0 Å². The number of halogens is 3. The summed E-state index contributed by atoms with van der Waals surface area (Å²) in [5.41, 5.74) is 0.249. The Kier molecular flexibility index (Phi) is 5.11. The van der Waals surface area contributed by atoms with Gasteiger partial charge in [-0.15, -0.1) is 0 Å². The molecule has 1 saturated heterocycles. The van der Waals surface area contributed by atoms with Gasteiger partial charge in [0.25, 0.3) is 0 Å². The van der Waals surface area contributed by atoms with Crippen molar-refractivity contribution in [1.82, 2.24) is 5.32 Å². The molecular weight excluding hydrogens is 281 g/mol. The van der Waals surface area contributed by atoms with Crippen LogP contribution in [0.2, 0.25) is 0 Å². The third kappa shape index (κ3) is 3.89. The number of nitrogens with zero attached hydrogens (tertiary/aromatic N) is 1. The molecular formula is C15H21F3N2O. The first-order valence-corrected chi connectivity index (χ1v) is 7.16. The van der Waals surface area contributed by atoms with Crippen LogP contribution >= 0.6 is 0 Å². The van der Waals surface area contributed by atoms with E-state index in [1.54, 1.807) is 24.1 Å². The molecule has 0 saturated carbocycles. The fourth-order valence-corrected chi connectivity index (χ4v) is 2.83. The highest BCUT2D eigenvalue weighted by molar-refractivity contribution is 5.56. The summed E-state index contributed by atoms with van der Waals surface area (Å²) < 4.78 is 39.9. The summed E-state index contributed by atoms with van der Waals surface area (Å²) in [4.78, 5) is 1.75. The molecule has 0 spiro atoms. The van der Waals surface area contributed by atoms with E-state index in [9.17, 15) is 18.3 Å². The monoisotopic (exact) mass is 302 g/mol. The molecule has 1 aliphatic rings. The normalized spacial score (nSPS) is 19.9. The van der Waals surface area contributed by atoms with Crippen molar-refractivity contribution in [2.75, 3.05) is 31.6 Å². The number of benzene rings is 1. The van der Waals surface area contributed by atoms with Crippen LogP contribution in [-0.4, -0.2) is 31.9 Å². The Morgan fingerprint density at radius 3 is 2.76 bits per heavy atom. The fourth-order valence-electron chi connectivity index (χ4n) is 2.83. The van der Waals surface area contributed by atoms with E-state index in [1.807, 2.05) is 0 Å². The second-order valence-corrected chi connectivity index (χ2v) is 5.52. The van der Waals surface area contributed by atoms with Gasteiger partial charge in [-0.3, -0.25) is 0 Å². The minimum Gasteiger partial charge on any atom is -0.396 e. The molecule has 0 bridgehead atoms. The minimum absolute atomic E-state index is 0.0235. The SMILES string of the molecule is CNCc1ccc(N2CCCC(CO)C2)c(C(F)(F)F)c1. The van der Waals surface area contributed by atoms with Crippen LogP contribution in [0.25, 0.3) is 0 Å². The van der Waals surface area contributed by atoms with Gasteiger partial charge in [0, 0.05) is 31.9 Å². The van der Waals surface area contributed by atoms with Gasteiger partial charge in [0.1, 0.15) is 0 Å². The van der Waals surface area contributed by atoms with Gasteiger partial charge in [-0.1, -0.05) is 6.07 Å². The van der Waals surface area contributed by atoms with Gasteiger partial charge in [-0.2, -0.15) is 13.2 Å². The molecule has 0 aliphatic carbocycles. The van der Waals surface area contributed by atoms with Crippen molar-refractivity contribution in [1.29, 1.82) is 0 Å². The lowest BCUT2D eigenvalue weighted by Crippen LogP contribution is -2.38. The van der Waals surface area contributed by atoms with Crippen LogP contribution in [0.3, 0.4) is 0 Å². The van der Waals surface area contributed by atoms with Gasteiger partial charge < -0.3 is 15.3 Å². The molecule has 0 amide bonds. The molecule has 2 N–H and O–H groups in total. The first-order valence-electron chi connectivity index (χ1n) is 7.16. The number of aliphatic hydroxyl groups is 1. The topological polar surface area (TPSA) is 35.5 Å². The molecule has 1 heterocycles. The zero-order valence-corrected chi connectivity index (χ0v) is 12.1. The Balaban J connectivity index is 2.33. The van der Waals surface area contributed by atoms with Crippen molar-refractivity contribution >= 4 is 5.69 Å². The van der Waals surface area contributed by atoms with E-state index < -0.39 is 11.7 Å². The van der Waals surface area contributed by atoms with Gasteiger partial charge in [-0.05, 0) is 43.5 Å². The molecule has 1 aliphatic heterocycles. The zero-order chi connectivity index (χ0) is 15.5. The lowest BCUT2D eigenvalue weighted by atomic mass is 9.97. The summed E-state index contributed by atoms with van der Waals surface area (Å²) in [6, 6.07) is 4.49. The van der Waals surface area contributed by atoms with E-state index >= 15 is 0 Å². The predicted octanol–water partition coefficient (Wildman–Crippen LogP) is 2.63. The summed E-state index contributed by atoms with van der Waals surface area (Å²) in [5.74, 6) is 0.0526. The van der Waals surface area contributed by atoms with Crippen LogP contribution in [0, 0.1) is 5.92 Å². The van der Waals surface area contributed by atoms with Crippen molar-refractivity contribution < 1.29 is 18.3 Å². The van der Waals surface area contributed by atoms with Crippen LogP contribution in [0.5, 0.6) is 0 Å². The number of alkyl halides is 3. The first kappa shape index (κ1) is 16.1.